The third kappa shape index (κ3) is 9.10. The third-order valence-electron chi connectivity index (χ3n) is 5.49. The second-order valence-electron chi connectivity index (χ2n) is 9.37. The minimum Gasteiger partial charge on any atom is -0.388 e. The smallest absolute Gasteiger partial charge is 0.388 e. The SMILES string of the molecule is CC1CCC(NSC(C)(C)C)CC1.CNc1ccc(C(F)(F)F)c(N2CCOCC2)c1. The minimum atomic E-state index is -4.33. The highest BCUT2D eigenvalue weighted by atomic mass is 32.2. The Morgan fingerprint density at radius 2 is 1.65 bits per heavy atom. The van der Waals surface area contributed by atoms with Gasteiger partial charge in [0.2, 0.25) is 0 Å². The first kappa shape index (κ1) is 26.1. The second kappa shape index (κ2) is 11.7. The van der Waals surface area contributed by atoms with Gasteiger partial charge in [-0.25, -0.2) is 0 Å². The molecular weight excluding hydrogens is 423 g/mol. The molecule has 1 aromatic rings. The molecule has 1 aliphatic carbocycles. The summed E-state index contributed by atoms with van der Waals surface area (Å²) in [6.45, 7) is 11.0. The number of morpholine rings is 1. The number of anilines is 2. The van der Waals surface area contributed by atoms with E-state index in [-0.39, 0.29) is 5.69 Å². The number of nitrogens with one attached hydrogen (secondary N) is 2. The lowest BCUT2D eigenvalue weighted by molar-refractivity contribution is -0.137. The summed E-state index contributed by atoms with van der Waals surface area (Å²) in [6, 6.07) is 4.86. The first-order valence-corrected chi connectivity index (χ1v) is 12.0. The topological polar surface area (TPSA) is 36.5 Å². The molecule has 2 N–H and O–H groups in total. The van der Waals surface area contributed by atoms with E-state index in [1.807, 2.05) is 11.9 Å². The summed E-state index contributed by atoms with van der Waals surface area (Å²) in [5, 5.41) is 2.86. The predicted molar refractivity (Wildman–Crippen MR) is 126 cm³/mol. The summed E-state index contributed by atoms with van der Waals surface area (Å²) in [7, 11) is 1.69. The van der Waals surface area contributed by atoms with Crippen molar-refractivity contribution in [2.45, 2.75) is 70.3 Å². The van der Waals surface area contributed by atoms with Gasteiger partial charge >= 0.3 is 6.18 Å². The molecule has 178 valence electrons. The van der Waals surface area contributed by atoms with E-state index in [1.54, 1.807) is 11.9 Å². The molecule has 0 bridgehead atoms. The van der Waals surface area contributed by atoms with Crippen LogP contribution in [0.15, 0.2) is 18.2 Å². The Morgan fingerprint density at radius 3 is 2.16 bits per heavy atom. The van der Waals surface area contributed by atoms with Crippen molar-refractivity contribution in [3.05, 3.63) is 23.8 Å². The Hall–Kier alpha value is -1.12. The van der Waals surface area contributed by atoms with Crippen molar-refractivity contribution in [1.82, 2.24) is 4.72 Å². The Bertz CT molecular complexity index is 665. The van der Waals surface area contributed by atoms with Gasteiger partial charge in [0.15, 0.2) is 0 Å². The zero-order valence-electron chi connectivity index (χ0n) is 19.4. The van der Waals surface area contributed by atoms with E-state index in [2.05, 4.69) is 37.7 Å². The average molecular weight is 462 g/mol. The fourth-order valence-corrected chi connectivity index (χ4v) is 4.39. The lowest BCUT2D eigenvalue weighted by Gasteiger charge is -2.31. The predicted octanol–water partition coefficient (Wildman–Crippen LogP) is 6.19. The van der Waals surface area contributed by atoms with Crippen LogP contribution in [0.2, 0.25) is 0 Å². The van der Waals surface area contributed by atoms with Crippen LogP contribution >= 0.6 is 11.9 Å². The van der Waals surface area contributed by atoms with Crippen LogP contribution in [0.25, 0.3) is 0 Å². The molecule has 1 saturated heterocycles. The van der Waals surface area contributed by atoms with Gasteiger partial charge in [-0.3, -0.25) is 4.72 Å². The van der Waals surface area contributed by atoms with Crippen LogP contribution in [0.5, 0.6) is 0 Å². The van der Waals surface area contributed by atoms with E-state index in [0.717, 1.165) is 18.0 Å². The largest absolute Gasteiger partial charge is 0.418 e. The maximum absolute atomic E-state index is 13.0. The van der Waals surface area contributed by atoms with Gasteiger partial charge in [0, 0.05) is 36.6 Å². The van der Waals surface area contributed by atoms with E-state index in [4.69, 9.17) is 4.74 Å². The molecule has 0 amide bonds. The number of benzene rings is 1. The van der Waals surface area contributed by atoms with Gasteiger partial charge < -0.3 is 15.0 Å². The lowest BCUT2D eigenvalue weighted by Crippen LogP contribution is -2.37. The summed E-state index contributed by atoms with van der Waals surface area (Å²) in [4.78, 5) is 1.72. The van der Waals surface area contributed by atoms with Gasteiger partial charge in [-0.2, -0.15) is 13.2 Å². The molecule has 0 spiro atoms. The van der Waals surface area contributed by atoms with Crippen molar-refractivity contribution >= 4 is 23.3 Å². The summed E-state index contributed by atoms with van der Waals surface area (Å²) in [6.07, 6.45) is 1.21. The maximum atomic E-state index is 13.0. The number of nitrogens with zero attached hydrogens (tertiary/aromatic N) is 1. The molecule has 1 heterocycles. The Labute approximate surface area is 189 Å². The average Bonchev–Trinajstić information content (AvgIpc) is 2.73. The molecular formula is C23H38F3N3OS. The summed E-state index contributed by atoms with van der Waals surface area (Å²) >= 11 is 1.89. The van der Waals surface area contributed by atoms with E-state index < -0.39 is 11.7 Å². The number of hydrogen-bond donors (Lipinski definition) is 2. The highest BCUT2D eigenvalue weighted by Crippen LogP contribution is 2.38. The molecule has 4 nitrogen and oxygen atoms in total. The number of hydrogen-bond acceptors (Lipinski definition) is 5. The second-order valence-corrected chi connectivity index (χ2v) is 11.0. The molecule has 0 unspecified atom stereocenters. The Balaban J connectivity index is 0.000000233. The monoisotopic (exact) mass is 461 g/mol. The van der Waals surface area contributed by atoms with Crippen LogP contribution in [0.3, 0.4) is 0 Å². The maximum Gasteiger partial charge on any atom is 0.418 e. The molecule has 0 atom stereocenters. The van der Waals surface area contributed by atoms with Crippen LogP contribution in [-0.2, 0) is 10.9 Å². The molecule has 0 aromatic heterocycles. The molecule has 1 saturated carbocycles. The highest BCUT2D eigenvalue weighted by molar-refractivity contribution is 7.98. The molecule has 8 heteroatoms. The number of rotatable bonds is 4. The zero-order valence-corrected chi connectivity index (χ0v) is 20.3. The van der Waals surface area contributed by atoms with Crippen LogP contribution in [0.1, 0.15) is 58.9 Å². The highest BCUT2D eigenvalue weighted by Gasteiger charge is 2.35. The summed E-state index contributed by atoms with van der Waals surface area (Å²) in [5.74, 6) is 0.956. The van der Waals surface area contributed by atoms with Gasteiger partial charge in [-0.1, -0.05) is 18.9 Å². The van der Waals surface area contributed by atoms with Gasteiger partial charge in [0.05, 0.1) is 24.5 Å². The van der Waals surface area contributed by atoms with Crippen molar-refractivity contribution in [3.63, 3.8) is 0 Å². The third-order valence-corrected chi connectivity index (χ3v) is 6.55. The number of halogens is 3. The fourth-order valence-electron chi connectivity index (χ4n) is 3.63. The van der Waals surface area contributed by atoms with Crippen LogP contribution in [0, 0.1) is 5.92 Å². The van der Waals surface area contributed by atoms with Crippen molar-refractivity contribution in [1.29, 1.82) is 0 Å². The van der Waals surface area contributed by atoms with E-state index in [0.29, 0.717) is 36.7 Å². The van der Waals surface area contributed by atoms with Crippen LogP contribution in [0.4, 0.5) is 24.5 Å². The molecule has 0 radical (unpaired) electrons. The fraction of sp³-hybridized carbons (Fsp3) is 0.739. The van der Waals surface area contributed by atoms with E-state index in [1.165, 1.54) is 37.8 Å². The van der Waals surface area contributed by atoms with Gasteiger partial charge in [-0.15, -0.1) is 0 Å². The van der Waals surface area contributed by atoms with Gasteiger partial charge in [-0.05, 0) is 70.6 Å². The number of ether oxygens (including phenoxy) is 1. The quantitative estimate of drug-likeness (QED) is 0.523. The van der Waals surface area contributed by atoms with Crippen molar-refractivity contribution in [2.75, 3.05) is 43.6 Å². The molecule has 1 aliphatic heterocycles. The van der Waals surface area contributed by atoms with Crippen LogP contribution < -0.4 is 14.9 Å². The number of alkyl halides is 3. The molecule has 3 rings (SSSR count). The molecule has 1 aromatic carbocycles. The lowest BCUT2D eigenvalue weighted by atomic mass is 9.88. The van der Waals surface area contributed by atoms with Crippen molar-refractivity contribution in [3.8, 4) is 0 Å². The molecule has 2 fully saturated rings. The Kier molecular flexibility index (Phi) is 9.83. The standard InChI is InChI=1S/C12H15F3N2O.C11H23NS/c1-16-9-2-3-10(12(13,14)15)11(8-9)17-4-6-18-7-5-17;1-9-5-7-10(8-6-9)12-13-11(2,3)4/h2-3,8,16H,4-7H2,1H3;9-10,12H,5-8H2,1-4H3. The van der Waals surface area contributed by atoms with Gasteiger partial charge in [0.1, 0.15) is 0 Å². The summed E-state index contributed by atoms with van der Waals surface area (Å²) in [5.41, 5.74) is 0.297. The first-order valence-electron chi connectivity index (χ1n) is 11.1. The molecule has 31 heavy (non-hydrogen) atoms. The van der Waals surface area contributed by atoms with E-state index >= 15 is 0 Å². The van der Waals surface area contributed by atoms with E-state index in [9.17, 15) is 13.2 Å². The first-order chi connectivity index (χ1) is 14.5. The van der Waals surface area contributed by atoms with Crippen LogP contribution in [-0.4, -0.2) is 44.1 Å². The Morgan fingerprint density at radius 1 is 1.03 bits per heavy atom. The summed E-state index contributed by atoms with van der Waals surface area (Å²) < 4.78 is 48.0. The zero-order chi connectivity index (χ0) is 23.1. The van der Waals surface area contributed by atoms with Crippen molar-refractivity contribution in [2.24, 2.45) is 5.92 Å². The minimum absolute atomic E-state index is 0.220. The normalized spacial score (nSPS) is 22.5. The molecule has 2 aliphatic rings. The van der Waals surface area contributed by atoms with Gasteiger partial charge in [0.25, 0.3) is 0 Å². The van der Waals surface area contributed by atoms with Crippen molar-refractivity contribution < 1.29 is 17.9 Å².